The lowest BCUT2D eigenvalue weighted by Crippen LogP contribution is -2.21. The normalized spacial score (nSPS) is 14.1. The largest absolute Gasteiger partial charge is 0.385 e. The maximum absolute atomic E-state index is 10.3. The molecule has 0 aliphatic heterocycles. The van der Waals surface area contributed by atoms with Crippen LogP contribution in [-0.2, 0) is 5.60 Å². The molecule has 19 heavy (non-hydrogen) atoms. The minimum Gasteiger partial charge on any atom is -0.385 e. The summed E-state index contributed by atoms with van der Waals surface area (Å²) in [6.07, 6.45) is 0.537. The van der Waals surface area contributed by atoms with Crippen LogP contribution >= 0.6 is 23.2 Å². The quantitative estimate of drug-likeness (QED) is 0.800. The molecule has 1 unspecified atom stereocenters. The fraction of sp³-hybridized carbons (Fsp3) is 0.250. The highest BCUT2D eigenvalue weighted by Crippen LogP contribution is 2.28. The minimum atomic E-state index is -0.875. The predicted octanol–water partition coefficient (Wildman–Crippen LogP) is 4.84. The van der Waals surface area contributed by atoms with E-state index in [9.17, 15) is 5.11 Å². The highest BCUT2D eigenvalue weighted by atomic mass is 35.5. The van der Waals surface area contributed by atoms with Crippen LogP contribution in [0.3, 0.4) is 0 Å². The molecule has 100 valence electrons. The van der Waals surface area contributed by atoms with Gasteiger partial charge in [0.05, 0.1) is 5.60 Å². The van der Waals surface area contributed by atoms with E-state index in [0.29, 0.717) is 12.3 Å². The highest BCUT2D eigenvalue weighted by molar-refractivity contribution is 6.30. The van der Waals surface area contributed by atoms with E-state index in [4.69, 9.17) is 23.2 Å². The van der Waals surface area contributed by atoms with Gasteiger partial charge in [-0.2, -0.15) is 0 Å². The number of hydrogen-bond acceptors (Lipinski definition) is 1. The maximum Gasteiger partial charge on any atom is 0.0879 e. The van der Waals surface area contributed by atoms with Gasteiger partial charge in [0, 0.05) is 10.9 Å². The summed E-state index contributed by atoms with van der Waals surface area (Å²) in [5, 5.41) is 11.0. The van der Waals surface area contributed by atoms with Gasteiger partial charge in [-0.15, -0.1) is 11.6 Å². The molecule has 2 aromatic carbocycles. The van der Waals surface area contributed by atoms with Crippen molar-refractivity contribution in [3.05, 3.63) is 59.1 Å². The fourth-order valence-corrected chi connectivity index (χ4v) is 2.49. The summed E-state index contributed by atoms with van der Waals surface area (Å²) in [6.45, 7) is 1.78. The van der Waals surface area contributed by atoms with Crippen molar-refractivity contribution in [2.45, 2.75) is 18.9 Å². The Balaban J connectivity index is 2.25. The van der Waals surface area contributed by atoms with Crippen molar-refractivity contribution < 1.29 is 5.11 Å². The molecule has 1 N–H and O–H groups in total. The molecular weight excluding hydrogens is 279 g/mol. The fourth-order valence-electron chi connectivity index (χ4n) is 1.99. The Morgan fingerprint density at radius 3 is 1.89 bits per heavy atom. The van der Waals surface area contributed by atoms with Crippen molar-refractivity contribution in [3.63, 3.8) is 0 Å². The molecule has 0 fully saturated rings. The Labute approximate surface area is 123 Å². The van der Waals surface area contributed by atoms with E-state index < -0.39 is 5.60 Å². The summed E-state index contributed by atoms with van der Waals surface area (Å²) >= 11 is 11.6. The monoisotopic (exact) mass is 294 g/mol. The van der Waals surface area contributed by atoms with Crippen LogP contribution in [0.5, 0.6) is 0 Å². The van der Waals surface area contributed by atoms with E-state index in [0.717, 1.165) is 21.7 Å². The molecule has 2 aromatic rings. The lowest BCUT2D eigenvalue weighted by molar-refractivity contribution is 0.0540. The zero-order valence-corrected chi connectivity index (χ0v) is 12.2. The third-order valence-corrected chi connectivity index (χ3v) is 3.71. The molecule has 3 heteroatoms. The van der Waals surface area contributed by atoms with Crippen LogP contribution in [0.15, 0.2) is 48.5 Å². The molecule has 0 spiro atoms. The van der Waals surface area contributed by atoms with Crippen LogP contribution in [0.4, 0.5) is 0 Å². The molecule has 0 aliphatic rings. The molecule has 0 aliphatic carbocycles. The van der Waals surface area contributed by atoms with Crippen molar-refractivity contribution in [1.29, 1.82) is 0 Å². The summed E-state index contributed by atoms with van der Waals surface area (Å²) in [5.74, 6) is 0.436. The Kier molecular flexibility index (Phi) is 4.51. The SMILES string of the molecule is CC(O)(CCCl)c1ccc(-c2ccc(Cl)cc2)cc1. The number of rotatable bonds is 4. The number of aliphatic hydroxyl groups is 1. The van der Waals surface area contributed by atoms with Gasteiger partial charge in [0.2, 0.25) is 0 Å². The Morgan fingerprint density at radius 1 is 0.947 bits per heavy atom. The second-order valence-electron chi connectivity index (χ2n) is 4.80. The number of benzene rings is 2. The molecule has 0 amide bonds. The molecule has 0 heterocycles. The average molecular weight is 295 g/mol. The van der Waals surface area contributed by atoms with Crippen LogP contribution in [0.25, 0.3) is 11.1 Å². The third-order valence-electron chi connectivity index (χ3n) is 3.27. The summed E-state index contributed by atoms with van der Waals surface area (Å²) in [5.41, 5.74) is 2.21. The maximum atomic E-state index is 10.3. The van der Waals surface area contributed by atoms with E-state index in [2.05, 4.69) is 0 Å². The van der Waals surface area contributed by atoms with Crippen LogP contribution in [0.1, 0.15) is 18.9 Å². The lowest BCUT2D eigenvalue weighted by Gasteiger charge is -2.23. The Hall–Kier alpha value is -1.02. The average Bonchev–Trinajstić information content (AvgIpc) is 2.40. The van der Waals surface area contributed by atoms with Crippen LogP contribution in [-0.4, -0.2) is 11.0 Å². The van der Waals surface area contributed by atoms with Gasteiger partial charge < -0.3 is 5.11 Å². The van der Waals surface area contributed by atoms with Crippen molar-refractivity contribution in [2.75, 3.05) is 5.88 Å². The Bertz CT molecular complexity index is 530. The third kappa shape index (κ3) is 3.50. The van der Waals surface area contributed by atoms with Crippen molar-refractivity contribution in [1.82, 2.24) is 0 Å². The van der Waals surface area contributed by atoms with Crippen LogP contribution in [0, 0.1) is 0 Å². The van der Waals surface area contributed by atoms with Crippen molar-refractivity contribution in [2.24, 2.45) is 0 Å². The van der Waals surface area contributed by atoms with Gasteiger partial charge in [0.15, 0.2) is 0 Å². The second kappa shape index (κ2) is 5.96. The van der Waals surface area contributed by atoms with Gasteiger partial charge in [0.25, 0.3) is 0 Å². The van der Waals surface area contributed by atoms with E-state index in [1.54, 1.807) is 6.92 Å². The number of halogens is 2. The second-order valence-corrected chi connectivity index (χ2v) is 5.61. The summed E-state index contributed by atoms with van der Waals surface area (Å²) in [6, 6.07) is 15.6. The molecule has 0 saturated carbocycles. The van der Waals surface area contributed by atoms with E-state index in [-0.39, 0.29) is 0 Å². The van der Waals surface area contributed by atoms with Gasteiger partial charge in [-0.05, 0) is 42.2 Å². The minimum absolute atomic E-state index is 0.436. The first-order valence-electron chi connectivity index (χ1n) is 6.18. The molecule has 1 atom stereocenters. The molecule has 0 saturated heterocycles. The highest BCUT2D eigenvalue weighted by Gasteiger charge is 2.21. The predicted molar refractivity (Wildman–Crippen MR) is 81.8 cm³/mol. The number of alkyl halides is 1. The number of hydrogen-bond donors (Lipinski definition) is 1. The topological polar surface area (TPSA) is 20.2 Å². The summed E-state index contributed by atoms with van der Waals surface area (Å²) in [4.78, 5) is 0. The van der Waals surface area contributed by atoms with E-state index in [1.165, 1.54) is 0 Å². The van der Waals surface area contributed by atoms with E-state index in [1.807, 2.05) is 48.5 Å². The summed E-state index contributed by atoms with van der Waals surface area (Å²) in [7, 11) is 0. The first-order valence-corrected chi connectivity index (χ1v) is 7.09. The first kappa shape index (κ1) is 14.4. The van der Waals surface area contributed by atoms with E-state index >= 15 is 0 Å². The molecule has 0 bridgehead atoms. The van der Waals surface area contributed by atoms with Gasteiger partial charge in [-0.3, -0.25) is 0 Å². The molecular formula is C16H16Cl2O. The molecule has 0 aromatic heterocycles. The van der Waals surface area contributed by atoms with Gasteiger partial charge in [-0.25, -0.2) is 0 Å². The zero-order chi connectivity index (χ0) is 13.9. The summed E-state index contributed by atoms with van der Waals surface area (Å²) < 4.78 is 0. The smallest absolute Gasteiger partial charge is 0.0879 e. The first-order chi connectivity index (χ1) is 9.03. The molecule has 0 radical (unpaired) electrons. The molecule has 2 rings (SSSR count). The zero-order valence-electron chi connectivity index (χ0n) is 10.7. The van der Waals surface area contributed by atoms with Crippen molar-refractivity contribution in [3.8, 4) is 11.1 Å². The lowest BCUT2D eigenvalue weighted by atomic mass is 9.92. The van der Waals surface area contributed by atoms with Crippen LogP contribution in [0.2, 0.25) is 5.02 Å². The molecule has 1 nitrogen and oxygen atoms in total. The van der Waals surface area contributed by atoms with Crippen molar-refractivity contribution >= 4 is 23.2 Å². The Morgan fingerprint density at radius 2 is 1.42 bits per heavy atom. The van der Waals surface area contributed by atoms with Gasteiger partial charge in [0.1, 0.15) is 0 Å². The van der Waals surface area contributed by atoms with Gasteiger partial charge in [-0.1, -0.05) is 48.0 Å². The van der Waals surface area contributed by atoms with Gasteiger partial charge >= 0.3 is 0 Å². The standard InChI is InChI=1S/C16H16Cl2O/c1-16(19,10-11-17)14-6-2-12(3-7-14)13-4-8-15(18)9-5-13/h2-9,19H,10-11H2,1H3. The van der Waals surface area contributed by atoms with Crippen LogP contribution < -0.4 is 0 Å².